The van der Waals surface area contributed by atoms with Crippen molar-refractivity contribution < 1.29 is 18.7 Å². The minimum absolute atomic E-state index is 0.0535. The summed E-state index contributed by atoms with van der Waals surface area (Å²) in [4.78, 5) is 31.5. The fraction of sp³-hybridized carbons (Fsp3) is 0.435. The molecule has 2 aromatic heterocycles. The van der Waals surface area contributed by atoms with Crippen LogP contribution in [0.15, 0.2) is 23.6 Å². The van der Waals surface area contributed by atoms with E-state index in [1.807, 2.05) is 0 Å². The van der Waals surface area contributed by atoms with E-state index >= 15 is 0 Å². The zero-order valence-corrected chi connectivity index (χ0v) is 20.1. The number of benzene rings is 1. The Labute approximate surface area is 210 Å². The number of fused-ring (bicyclic) bond motifs is 2. The maximum Gasteiger partial charge on any atom is 0.263 e. The SMILES string of the molecule is COc1cnc2c(N=[N+]=[N-])cc(F)c(CNC3CCC(NCc4cnc5c(n4)NC(=O)CO5)CC3)c2n1. The Hall–Kier alpha value is -4.13. The molecule has 0 radical (unpaired) electrons. The summed E-state index contributed by atoms with van der Waals surface area (Å²) in [6.07, 6.45) is 6.72. The summed E-state index contributed by atoms with van der Waals surface area (Å²) in [6, 6.07) is 1.69. The maximum atomic E-state index is 15.0. The first-order valence-electron chi connectivity index (χ1n) is 11.9. The minimum Gasteiger partial charge on any atom is -0.480 e. The molecule has 3 N–H and O–H groups in total. The zero-order chi connectivity index (χ0) is 25.8. The molecule has 0 saturated heterocycles. The fourth-order valence-corrected chi connectivity index (χ4v) is 4.54. The number of hydrogen-bond acceptors (Lipinski definition) is 10. The molecule has 192 valence electrons. The monoisotopic (exact) mass is 508 g/mol. The smallest absolute Gasteiger partial charge is 0.263 e. The van der Waals surface area contributed by atoms with Crippen LogP contribution in [0.2, 0.25) is 0 Å². The van der Waals surface area contributed by atoms with Gasteiger partial charge in [-0.2, -0.15) is 0 Å². The van der Waals surface area contributed by atoms with Gasteiger partial charge in [0.15, 0.2) is 12.4 Å². The number of carbonyl (C=O) groups excluding carboxylic acids is 1. The molecule has 1 saturated carbocycles. The first kappa shape index (κ1) is 24.6. The summed E-state index contributed by atoms with van der Waals surface area (Å²) in [7, 11) is 1.46. The van der Waals surface area contributed by atoms with Crippen molar-refractivity contribution in [2.75, 3.05) is 19.0 Å². The Morgan fingerprint density at radius 2 is 1.92 bits per heavy atom. The number of nitrogens with zero attached hydrogens (tertiary/aromatic N) is 7. The van der Waals surface area contributed by atoms with Crippen molar-refractivity contribution in [3.05, 3.63) is 46.0 Å². The predicted molar refractivity (Wildman–Crippen MR) is 131 cm³/mol. The number of azide groups is 1. The van der Waals surface area contributed by atoms with Gasteiger partial charge in [-0.3, -0.25) is 4.79 Å². The van der Waals surface area contributed by atoms with Crippen LogP contribution in [0.1, 0.15) is 36.9 Å². The van der Waals surface area contributed by atoms with Crippen molar-refractivity contribution in [3.63, 3.8) is 0 Å². The van der Waals surface area contributed by atoms with E-state index in [1.165, 1.54) is 19.4 Å². The third-order valence-electron chi connectivity index (χ3n) is 6.45. The molecule has 37 heavy (non-hydrogen) atoms. The van der Waals surface area contributed by atoms with Crippen LogP contribution >= 0.6 is 0 Å². The molecule has 0 bridgehead atoms. The molecule has 5 rings (SSSR count). The Bertz CT molecular complexity index is 1370. The number of nitrogens with one attached hydrogen (secondary N) is 3. The fourth-order valence-electron chi connectivity index (χ4n) is 4.54. The van der Waals surface area contributed by atoms with Crippen molar-refractivity contribution in [2.45, 2.75) is 50.9 Å². The molecule has 1 aliphatic carbocycles. The maximum absolute atomic E-state index is 15.0. The van der Waals surface area contributed by atoms with Gasteiger partial charge < -0.3 is 25.4 Å². The van der Waals surface area contributed by atoms with Crippen LogP contribution in [0.3, 0.4) is 0 Å². The normalized spacial score (nSPS) is 18.9. The van der Waals surface area contributed by atoms with Crippen LogP contribution in [0, 0.1) is 5.82 Å². The molecule has 0 atom stereocenters. The van der Waals surface area contributed by atoms with Crippen LogP contribution in [0.4, 0.5) is 15.9 Å². The van der Waals surface area contributed by atoms with Gasteiger partial charge >= 0.3 is 0 Å². The minimum atomic E-state index is -0.520. The van der Waals surface area contributed by atoms with E-state index < -0.39 is 5.82 Å². The van der Waals surface area contributed by atoms with Crippen molar-refractivity contribution in [2.24, 2.45) is 5.11 Å². The summed E-state index contributed by atoms with van der Waals surface area (Å²) in [5.74, 6) is 0.154. The topological polar surface area (TPSA) is 172 Å². The van der Waals surface area contributed by atoms with Crippen LogP contribution < -0.4 is 25.4 Å². The van der Waals surface area contributed by atoms with Crippen LogP contribution in [0.5, 0.6) is 11.8 Å². The lowest BCUT2D eigenvalue weighted by atomic mass is 9.91. The summed E-state index contributed by atoms with van der Waals surface area (Å²) < 4.78 is 25.4. The van der Waals surface area contributed by atoms with Gasteiger partial charge in [-0.25, -0.2) is 24.3 Å². The Morgan fingerprint density at radius 1 is 1.16 bits per heavy atom. The number of hydrogen-bond donors (Lipinski definition) is 3. The summed E-state index contributed by atoms with van der Waals surface area (Å²) in [5.41, 5.74) is 10.6. The van der Waals surface area contributed by atoms with E-state index in [1.54, 1.807) is 6.20 Å². The molecule has 3 heterocycles. The van der Waals surface area contributed by atoms with E-state index in [2.05, 4.69) is 45.9 Å². The van der Waals surface area contributed by atoms with E-state index in [9.17, 15) is 9.18 Å². The predicted octanol–water partition coefficient (Wildman–Crippen LogP) is 3.03. The number of halogens is 1. The molecule has 2 aliphatic rings. The molecule has 1 amide bonds. The van der Waals surface area contributed by atoms with Crippen molar-refractivity contribution in [1.82, 2.24) is 30.6 Å². The molecule has 3 aromatic rings. The molecule has 0 spiro atoms. The number of methoxy groups -OCH3 is 1. The first-order valence-corrected chi connectivity index (χ1v) is 11.9. The van der Waals surface area contributed by atoms with Gasteiger partial charge in [0.25, 0.3) is 11.8 Å². The van der Waals surface area contributed by atoms with Gasteiger partial charge in [-0.1, -0.05) is 5.11 Å². The van der Waals surface area contributed by atoms with Gasteiger partial charge in [0.05, 0.1) is 36.4 Å². The second kappa shape index (κ2) is 10.9. The second-order valence-corrected chi connectivity index (χ2v) is 8.82. The van der Waals surface area contributed by atoms with E-state index in [0.717, 1.165) is 25.7 Å². The summed E-state index contributed by atoms with van der Waals surface area (Å²) in [6.45, 7) is 0.720. The lowest BCUT2D eigenvalue weighted by molar-refractivity contribution is -0.118. The molecule has 13 nitrogen and oxygen atoms in total. The molecule has 0 unspecified atom stereocenters. The standard InChI is InChI=1S/C23H25FN10O3/c1-36-19-10-28-21-17(33-34-25)6-16(24)15(20(21)32-19)9-27-13-4-2-12(3-5-13)26-7-14-8-29-23-22(30-14)31-18(35)11-37-23/h6,8,10,12-13,26-27H,2-5,7,9,11H2,1H3,(H,30,31,35). The van der Waals surface area contributed by atoms with Gasteiger partial charge in [0.2, 0.25) is 5.88 Å². The number of amides is 1. The average molecular weight is 509 g/mol. The third kappa shape index (κ3) is 5.50. The van der Waals surface area contributed by atoms with Crippen LogP contribution in [0.25, 0.3) is 21.5 Å². The van der Waals surface area contributed by atoms with Gasteiger partial charge in [0, 0.05) is 35.6 Å². The second-order valence-electron chi connectivity index (χ2n) is 8.82. The number of carbonyl (C=O) groups is 1. The average Bonchev–Trinajstić information content (AvgIpc) is 2.91. The Kier molecular flexibility index (Phi) is 7.21. The molecule has 1 fully saturated rings. The van der Waals surface area contributed by atoms with E-state index in [4.69, 9.17) is 15.0 Å². The molecule has 1 aliphatic heterocycles. The lowest BCUT2D eigenvalue weighted by Crippen LogP contribution is -2.39. The van der Waals surface area contributed by atoms with Gasteiger partial charge in [-0.15, -0.1) is 0 Å². The highest BCUT2D eigenvalue weighted by atomic mass is 19.1. The molecular formula is C23H25FN10O3. The van der Waals surface area contributed by atoms with Gasteiger partial charge in [-0.05, 0) is 37.3 Å². The van der Waals surface area contributed by atoms with E-state index in [0.29, 0.717) is 46.6 Å². The highest BCUT2D eigenvalue weighted by Gasteiger charge is 2.23. The summed E-state index contributed by atoms with van der Waals surface area (Å²) in [5, 5.41) is 13.2. The molecule has 14 heteroatoms. The lowest BCUT2D eigenvalue weighted by Gasteiger charge is -2.30. The number of anilines is 1. The largest absolute Gasteiger partial charge is 0.480 e. The third-order valence-corrected chi connectivity index (χ3v) is 6.45. The Balaban J connectivity index is 1.17. The number of ether oxygens (including phenoxy) is 2. The first-order chi connectivity index (χ1) is 18.0. The van der Waals surface area contributed by atoms with Crippen molar-refractivity contribution in [1.29, 1.82) is 0 Å². The van der Waals surface area contributed by atoms with Gasteiger partial charge in [0.1, 0.15) is 11.3 Å². The quantitative estimate of drug-likeness (QED) is 0.235. The highest BCUT2D eigenvalue weighted by Crippen LogP contribution is 2.30. The molecular weight excluding hydrogens is 483 g/mol. The number of rotatable bonds is 8. The Morgan fingerprint density at radius 3 is 2.65 bits per heavy atom. The van der Waals surface area contributed by atoms with Crippen molar-refractivity contribution in [3.8, 4) is 11.8 Å². The highest BCUT2D eigenvalue weighted by molar-refractivity contribution is 5.93. The summed E-state index contributed by atoms with van der Waals surface area (Å²) >= 11 is 0. The zero-order valence-electron chi connectivity index (χ0n) is 20.1. The van der Waals surface area contributed by atoms with Crippen molar-refractivity contribution >= 4 is 28.4 Å². The molecule has 1 aromatic carbocycles. The van der Waals surface area contributed by atoms with Crippen LogP contribution in [-0.4, -0.2) is 51.6 Å². The van der Waals surface area contributed by atoms with Crippen LogP contribution in [-0.2, 0) is 17.9 Å². The number of aromatic nitrogens is 4. The van der Waals surface area contributed by atoms with E-state index in [-0.39, 0.29) is 36.7 Å².